The van der Waals surface area contributed by atoms with Gasteiger partial charge in [0.15, 0.2) is 0 Å². The predicted molar refractivity (Wildman–Crippen MR) is 86.8 cm³/mol. The summed E-state index contributed by atoms with van der Waals surface area (Å²) in [6.45, 7) is -0.0227. The Morgan fingerprint density at radius 3 is 2.46 bits per heavy atom. The van der Waals surface area contributed by atoms with Crippen LogP contribution in [0.1, 0.15) is 41.1 Å². The summed E-state index contributed by atoms with van der Waals surface area (Å²) in [5.74, 6) is -0.370. The van der Waals surface area contributed by atoms with Crippen molar-refractivity contribution < 1.29 is 23.5 Å². The van der Waals surface area contributed by atoms with Crippen molar-refractivity contribution in [2.75, 3.05) is 7.11 Å². The van der Waals surface area contributed by atoms with E-state index < -0.39 is 11.4 Å². The summed E-state index contributed by atoms with van der Waals surface area (Å²) in [6, 6.07) is 10.4. The molecule has 1 heterocycles. The second-order valence-corrected chi connectivity index (χ2v) is 6.21. The Morgan fingerprint density at radius 1 is 1.17 bits per heavy atom. The second kappa shape index (κ2) is 6.69. The van der Waals surface area contributed by atoms with Gasteiger partial charge in [0.25, 0.3) is 0 Å². The van der Waals surface area contributed by atoms with Gasteiger partial charge < -0.3 is 13.9 Å². The normalized spacial score (nSPS) is 15.4. The monoisotopic (exact) mass is 348 g/mol. The van der Waals surface area contributed by atoms with Gasteiger partial charge in [0.2, 0.25) is 5.76 Å². The van der Waals surface area contributed by atoms with Crippen LogP contribution >= 0.6 is 11.6 Å². The van der Waals surface area contributed by atoms with Gasteiger partial charge in [-0.2, -0.15) is 0 Å². The van der Waals surface area contributed by atoms with Gasteiger partial charge >= 0.3 is 11.9 Å². The molecule has 1 fully saturated rings. The maximum Gasteiger partial charge on any atom is 0.373 e. The highest BCUT2D eigenvalue weighted by atomic mass is 35.5. The molecule has 1 aromatic heterocycles. The highest BCUT2D eigenvalue weighted by Gasteiger charge is 2.47. The Morgan fingerprint density at radius 2 is 1.88 bits per heavy atom. The number of esters is 2. The zero-order valence-electron chi connectivity index (χ0n) is 13.2. The van der Waals surface area contributed by atoms with E-state index >= 15 is 0 Å². The predicted octanol–water partition coefficient (Wildman–Crippen LogP) is 3.88. The first kappa shape index (κ1) is 16.6. The summed E-state index contributed by atoms with van der Waals surface area (Å²) < 4.78 is 15.3. The van der Waals surface area contributed by atoms with Crippen molar-refractivity contribution in [1.82, 2.24) is 0 Å². The molecule has 0 N–H and O–H groups in total. The summed E-state index contributed by atoms with van der Waals surface area (Å²) >= 11 is 5.92. The molecular formula is C18H17ClO5. The topological polar surface area (TPSA) is 65.7 Å². The molecular weight excluding hydrogens is 332 g/mol. The molecule has 6 heteroatoms. The maximum atomic E-state index is 12.6. The summed E-state index contributed by atoms with van der Waals surface area (Å²) in [7, 11) is 1.27. The van der Waals surface area contributed by atoms with Gasteiger partial charge in [0.05, 0.1) is 12.5 Å². The number of carbonyl (C=O) groups is 2. The van der Waals surface area contributed by atoms with Crippen molar-refractivity contribution in [2.45, 2.75) is 31.3 Å². The molecule has 0 atom stereocenters. The van der Waals surface area contributed by atoms with Crippen LogP contribution in [0.3, 0.4) is 0 Å². The van der Waals surface area contributed by atoms with Crippen LogP contribution in [0.5, 0.6) is 0 Å². The molecule has 0 aliphatic heterocycles. The Bertz CT molecular complexity index is 743. The van der Waals surface area contributed by atoms with Gasteiger partial charge in [-0.05, 0) is 42.7 Å². The van der Waals surface area contributed by atoms with Crippen molar-refractivity contribution in [2.24, 2.45) is 0 Å². The second-order valence-electron chi connectivity index (χ2n) is 5.78. The smallest absolute Gasteiger partial charge is 0.373 e. The number of furan rings is 1. The number of halogens is 1. The van der Waals surface area contributed by atoms with Crippen LogP contribution in [0.4, 0.5) is 0 Å². The number of ether oxygens (including phenoxy) is 2. The van der Waals surface area contributed by atoms with Gasteiger partial charge in [0.1, 0.15) is 12.4 Å². The Hall–Kier alpha value is -2.27. The van der Waals surface area contributed by atoms with E-state index in [2.05, 4.69) is 4.74 Å². The third kappa shape index (κ3) is 3.04. The van der Waals surface area contributed by atoms with Gasteiger partial charge in [-0.1, -0.05) is 30.2 Å². The first-order valence-electron chi connectivity index (χ1n) is 7.65. The van der Waals surface area contributed by atoms with Crippen molar-refractivity contribution >= 4 is 23.5 Å². The highest BCUT2D eigenvalue weighted by molar-refractivity contribution is 6.30. The minimum absolute atomic E-state index is 0.0227. The van der Waals surface area contributed by atoms with Crippen LogP contribution in [0, 0.1) is 0 Å². The molecule has 1 saturated carbocycles. The lowest BCUT2D eigenvalue weighted by Gasteiger charge is -2.39. The van der Waals surface area contributed by atoms with Crippen LogP contribution in [0.15, 0.2) is 40.8 Å². The minimum Gasteiger partial charge on any atom is -0.463 e. The molecule has 1 aromatic carbocycles. The number of benzene rings is 1. The Kier molecular flexibility index (Phi) is 4.62. The zero-order chi connectivity index (χ0) is 17.2. The molecule has 2 aromatic rings. The molecule has 24 heavy (non-hydrogen) atoms. The summed E-state index contributed by atoms with van der Waals surface area (Å²) in [4.78, 5) is 24.0. The van der Waals surface area contributed by atoms with Gasteiger partial charge in [-0.3, -0.25) is 4.79 Å². The van der Waals surface area contributed by atoms with Crippen LogP contribution in [0.25, 0.3) is 0 Å². The van der Waals surface area contributed by atoms with E-state index in [4.69, 9.17) is 20.8 Å². The fourth-order valence-electron chi connectivity index (χ4n) is 2.85. The van der Waals surface area contributed by atoms with Crippen molar-refractivity contribution in [1.29, 1.82) is 0 Å². The van der Waals surface area contributed by atoms with E-state index in [1.54, 1.807) is 18.2 Å². The van der Waals surface area contributed by atoms with Crippen LogP contribution in [-0.2, 0) is 26.3 Å². The lowest BCUT2D eigenvalue weighted by Crippen LogP contribution is -2.43. The number of hydrogen-bond donors (Lipinski definition) is 0. The van der Waals surface area contributed by atoms with Gasteiger partial charge in [0, 0.05) is 5.02 Å². The van der Waals surface area contributed by atoms with Crippen molar-refractivity contribution in [3.05, 3.63) is 58.5 Å². The average Bonchev–Trinajstić information content (AvgIpc) is 3.02. The maximum absolute atomic E-state index is 12.6. The minimum atomic E-state index is -0.609. The molecule has 1 aliphatic rings. The van der Waals surface area contributed by atoms with E-state index in [0.29, 0.717) is 10.8 Å². The number of methoxy groups -OCH3 is 1. The quantitative estimate of drug-likeness (QED) is 0.767. The lowest BCUT2D eigenvalue weighted by atomic mass is 9.64. The fraction of sp³-hybridized carbons (Fsp3) is 0.333. The van der Waals surface area contributed by atoms with E-state index in [0.717, 1.165) is 24.8 Å². The van der Waals surface area contributed by atoms with Crippen LogP contribution in [0.2, 0.25) is 5.02 Å². The molecule has 126 valence electrons. The van der Waals surface area contributed by atoms with Gasteiger partial charge in [-0.15, -0.1) is 0 Å². The Labute approximate surface area is 144 Å². The van der Waals surface area contributed by atoms with E-state index in [1.807, 2.05) is 12.1 Å². The summed E-state index contributed by atoms with van der Waals surface area (Å²) in [5, 5.41) is 0.632. The molecule has 0 amide bonds. The third-order valence-electron chi connectivity index (χ3n) is 4.39. The standard InChI is InChI=1S/C18H17ClO5/c1-22-16(20)15-8-7-14(24-15)11-23-17(21)18(9-2-10-18)12-3-5-13(19)6-4-12/h3-8H,2,9-11H2,1H3. The molecule has 0 bridgehead atoms. The van der Waals surface area contributed by atoms with Crippen LogP contribution < -0.4 is 0 Å². The first-order valence-corrected chi connectivity index (χ1v) is 8.03. The third-order valence-corrected chi connectivity index (χ3v) is 4.64. The van der Waals surface area contributed by atoms with Gasteiger partial charge in [-0.25, -0.2) is 4.79 Å². The molecule has 1 aliphatic carbocycles. The molecule has 3 rings (SSSR count). The zero-order valence-corrected chi connectivity index (χ0v) is 14.0. The van der Waals surface area contributed by atoms with E-state index in [1.165, 1.54) is 13.2 Å². The summed E-state index contributed by atoms with van der Waals surface area (Å²) in [6.07, 6.45) is 2.48. The lowest BCUT2D eigenvalue weighted by molar-refractivity contribution is -0.156. The molecule has 0 saturated heterocycles. The molecule has 0 unspecified atom stereocenters. The summed E-state index contributed by atoms with van der Waals surface area (Å²) in [5.41, 5.74) is 0.306. The van der Waals surface area contributed by atoms with Crippen LogP contribution in [-0.4, -0.2) is 19.0 Å². The van der Waals surface area contributed by atoms with E-state index in [-0.39, 0.29) is 18.3 Å². The number of hydrogen-bond acceptors (Lipinski definition) is 5. The van der Waals surface area contributed by atoms with Crippen molar-refractivity contribution in [3.8, 4) is 0 Å². The van der Waals surface area contributed by atoms with Crippen molar-refractivity contribution in [3.63, 3.8) is 0 Å². The fourth-order valence-corrected chi connectivity index (χ4v) is 2.98. The molecule has 0 radical (unpaired) electrons. The number of carbonyl (C=O) groups excluding carboxylic acids is 2. The average molecular weight is 349 g/mol. The Balaban J connectivity index is 1.68. The molecule has 0 spiro atoms. The first-order chi connectivity index (χ1) is 11.5. The van der Waals surface area contributed by atoms with E-state index in [9.17, 15) is 9.59 Å². The molecule has 5 nitrogen and oxygen atoms in total. The SMILES string of the molecule is COC(=O)c1ccc(COC(=O)C2(c3ccc(Cl)cc3)CCC2)o1. The number of rotatable bonds is 5. The highest BCUT2D eigenvalue weighted by Crippen LogP contribution is 2.45. The largest absolute Gasteiger partial charge is 0.463 e.